The number of benzene rings is 8. The monoisotopic (exact) mass is 787 g/mol. The van der Waals surface area contributed by atoms with Gasteiger partial charge in [0.1, 0.15) is 0 Å². The Hall–Kier alpha value is -7.10. The molecular formula is C58H49N3. The van der Waals surface area contributed by atoms with Crippen LogP contribution < -0.4 is 20.2 Å². The minimum absolute atomic E-state index is 0.291. The number of para-hydroxylation sites is 3. The van der Waals surface area contributed by atoms with E-state index in [4.69, 9.17) is 0 Å². The van der Waals surface area contributed by atoms with Crippen LogP contribution in [0.1, 0.15) is 62.6 Å². The summed E-state index contributed by atoms with van der Waals surface area (Å²) in [5.74, 6) is 1.22. The third-order valence-electron chi connectivity index (χ3n) is 13.0. The summed E-state index contributed by atoms with van der Waals surface area (Å²) in [5.41, 5.74) is 16.3. The molecule has 0 spiro atoms. The molecule has 1 heterocycles. The largest absolute Gasteiger partial charge is 0.354 e. The molecule has 9 aromatic rings. The second kappa shape index (κ2) is 14.9. The van der Waals surface area contributed by atoms with Crippen LogP contribution in [-0.4, -0.2) is 4.98 Å². The summed E-state index contributed by atoms with van der Waals surface area (Å²) in [7, 11) is 0. The van der Waals surface area contributed by atoms with Gasteiger partial charge in [-0.25, -0.2) is 0 Å². The highest BCUT2D eigenvalue weighted by Gasteiger charge is 2.40. The van der Waals surface area contributed by atoms with Gasteiger partial charge in [0.05, 0.1) is 11.2 Å². The van der Waals surface area contributed by atoms with E-state index >= 15 is 0 Å². The van der Waals surface area contributed by atoms with Crippen molar-refractivity contribution in [3.8, 4) is 0 Å². The van der Waals surface area contributed by atoms with Crippen molar-refractivity contribution in [2.75, 3.05) is 9.80 Å². The van der Waals surface area contributed by atoms with Crippen LogP contribution >= 0.6 is 0 Å². The zero-order valence-electron chi connectivity index (χ0n) is 35.2. The average Bonchev–Trinajstić information content (AvgIpc) is 3.87. The van der Waals surface area contributed by atoms with E-state index in [-0.39, 0.29) is 0 Å². The zero-order valence-corrected chi connectivity index (χ0v) is 35.2. The van der Waals surface area contributed by atoms with Crippen LogP contribution in [0.3, 0.4) is 0 Å². The standard InChI is InChI=1S/C58H49N3/c1-37(2)39-26-30-45(31-27-39)60(43-18-7-5-8-19-43)54-36-52-51(34-41-16-11-13-22-47(41)54)55(52)49-24-15-25-50-56-53(59-57(49)50)35-42-17-12-14-23-48(42)58(56)61(44-20-9-6-10-21-44)46-32-28-40(29-33-46)38(3)4/h5-35,37-38,52,59H,36H2,1-4H3. The van der Waals surface area contributed by atoms with Gasteiger partial charge in [0.2, 0.25) is 0 Å². The molecule has 3 heteroatoms. The van der Waals surface area contributed by atoms with Gasteiger partial charge in [0.15, 0.2) is 0 Å². The van der Waals surface area contributed by atoms with E-state index in [1.165, 1.54) is 88.1 Å². The smallest absolute Gasteiger partial charge is 0.0640 e. The van der Waals surface area contributed by atoms with Crippen LogP contribution in [0, 0.1) is 5.92 Å². The number of aromatic nitrogens is 1. The molecule has 61 heavy (non-hydrogen) atoms. The van der Waals surface area contributed by atoms with Crippen molar-refractivity contribution in [2.24, 2.45) is 5.92 Å². The molecule has 2 aliphatic rings. The van der Waals surface area contributed by atoms with Crippen molar-refractivity contribution in [2.45, 2.75) is 46.0 Å². The van der Waals surface area contributed by atoms with Crippen molar-refractivity contribution >= 4 is 78.4 Å². The van der Waals surface area contributed by atoms with Crippen LogP contribution in [0.4, 0.5) is 28.4 Å². The molecule has 0 amide bonds. The molecule has 0 radical (unpaired) electrons. The molecule has 3 nitrogen and oxygen atoms in total. The number of nitrogens with zero attached hydrogens (tertiary/aromatic N) is 2. The second-order valence-electron chi connectivity index (χ2n) is 17.4. The normalized spacial score (nSPS) is 14.7. The van der Waals surface area contributed by atoms with Crippen molar-refractivity contribution in [3.05, 3.63) is 215 Å². The first kappa shape index (κ1) is 36.9. The fraction of sp³-hybridized carbons (Fsp3) is 0.138. The molecule has 0 bridgehead atoms. The van der Waals surface area contributed by atoms with Gasteiger partial charge in [-0.15, -0.1) is 0 Å². The molecule has 0 fully saturated rings. The van der Waals surface area contributed by atoms with E-state index in [0.29, 0.717) is 17.8 Å². The Kier molecular flexibility index (Phi) is 9.00. The summed E-state index contributed by atoms with van der Waals surface area (Å²) in [6.07, 6.45) is 3.37. The summed E-state index contributed by atoms with van der Waals surface area (Å²) in [6, 6.07) is 67.2. The molecule has 0 saturated heterocycles. The van der Waals surface area contributed by atoms with Gasteiger partial charge in [-0.2, -0.15) is 0 Å². The van der Waals surface area contributed by atoms with E-state index in [2.05, 4.69) is 231 Å². The second-order valence-corrected chi connectivity index (χ2v) is 17.4. The van der Waals surface area contributed by atoms with E-state index in [9.17, 15) is 0 Å². The maximum absolute atomic E-state index is 4.03. The van der Waals surface area contributed by atoms with Gasteiger partial charge in [0, 0.05) is 66.8 Å². The van der Waals surface area contributed by atoms with Gasteiger partial charge in [0.25, 0.3) is 0 Å². The Balaban J connectivity index is 1.09. The first-order valence-electron chi connectivity index (χ1n) is 21.8. The van der Waals surface area contributed by atoms with E-state index < -0.39 is 0 Å². The molecule has 1 atom stereocenters. The van der Waals surface area contributed by atoms with Gasteiger partial charge in [-0.1, -0.05) is 161 Å². The summed E-state index contributed by atoms with van der Waals surface area (Å²) < 4.78 is 0. The Morgan fingerprint density at radius 3 is 1.75 bits per heavy atom. The first-order chi connectivity index (χ1) is 29.9. The van der Waals surface area contributed by atoms with Crippen LogP contribution in [-0.2, 0) is 0 Å². The predicted octanol–water partition coefficient (Wildman–Crippen LogP) is 14.4. The maximum Gasteiger partial charge on any atom is 0.0640 e. The molecule has 11 rings (SSSR count). The molecule has 296 valence electrons. The number of nitrogens with one attached hydrogen (secondary N) is 1. The highest BCUT2D eigenvalue weighted by molar-refractivity contribution is 6.24. The molecule has 1 N–H and O–H groups in total. The highest BCUT2D eigenvalue weighted by atomic mass is 15.2. The molecule has 1 aromatic heterocycles. The van der Waals surface area contributed by atoms with Crippen LogP contribution in [0.25, 0.3) is 49.9 Å². The van der Waals surface area contributed by atoms with Crippen molar-refractivity contribution < 1.29 is 0 Å². The van der Waals surface area contributed by atoms with E-state index in [0.717, 1.165) is 23.3 Å². The zero-order chi connectivity index (χ0) is 41.2. The average molecular weight is 788 g/mol. The maximum atomic E-state index is 4.03. The van der Waals surface area contributed by atoms with Crippen molar-refractivity contribution in [1.29, 1.82) is 0 Å². The highest BCUT2D eigenvalue weighted by Crippen LogP contribution is 2.55. The lowest BCUT2D eigenvalue weighted by Crippen LogP contribution is -2.32. The van der Waals surface area contributed by atoms with E-state index in [1.54, 1.807) is 0 Å². The fourth-order valence-corrected chi connectivity index (χ4v) is 9.82. The number of allylic oxidation sites excluding steroid dienone is 2. The quantitative estimate of drug-likeness (QED) is 0.157. The lowest BCUT2D eigenvalue weighted by Gasteiger charge is -2.29. The van der Waals surface area contributed by atoms with Crippen LogP contribution in [0.2, 0.25) is 0 Å². The van der Waals surface area contributed by atoms with Crippen LogP contribution in [0.15, 0.2) is 188 Å². The SMILES string of the molecule is CC(C)c1ccc(N(C2=c3ccccc3=CC3=C(c4cccc5c4[nH]c4cc6ccccc6c(N(c6ccccc6)c6ccc(C(C)C)cc6)c45)C3C2)c2ccccc2)cc1. The summed E-state index contributed by atoms with van der Waals surface area (Å²) in [4.78, 5) is 9.01. The number of hydrogen-bond acceptors (Lipinski definition) is 2. The Labute approximate surface area is 358 Å². The molecule has 1 unspecified atom stereocenters. The van der Waals surface area contributed by atoms with E-state index in [1.807, 2.05) is 0 Å². The van der Waals surface area contributed by atoms with Gasteiger partial charge >= 0.3 is 0 Å². The van der Waals surface area contributed by atoms with Crippen molar-refractivity contribution in [3.63, 3.8) is 0 Å². The Morgan fingerprint density at radius 2 is 1.08 bits per heavy atom. The van der Waals surface area contributed by atoms with Gasteiger partial charge in [-0.05, 0) is 106 Å². The summed E-state index contributed by atoms with van der Waals surface area (Å²) in [6.45, 7) is 9.05. The number of H-pyrrole nitrogens is 1. The first-order valence-corrected chi connectivity index (χ1v) is 21.8. The molecule has 0 aliphatic heterocycles. The molecule has 0 saturated carbocycles. The molecular weight excluding hydrogens is 739 g/mol. The van der Waals surface area contributed by atoms with Gasteiger partial charge in [-0.3, -0.25) is 0 Å². The fourth-order valence-electron chi connectivity index (χ4n) is 9.82. The topological polar surface area (TPSA) is 22.3 Å². The number of aromatic amines is 1. The Morgan fingerprint density at radius 1 is 0.525 bits per heavy atom. The summed E-state index contributed by atoms with van der Waals surface area (Å²) >= 11 is 0. The minimum Gasteiger partial charge on any atom is -0.354 e. The number of fused-ring (bicyclic) bond motifs is 6. The number of hydrogen-bond donors (Lipinski definition) is 1. The molecule has 2 aliphatic carbocycles. The van der Waals surface area contributed by atoms with Gasteiger partial charge < -0.3 is 14.8 Å². The van der Waals surface area contributed by atoms with Crippen molar-refractivity contribution in [1.82, 2.24) is 4.98 Å². The Bertz CT molecular complexity index is 3260. The number of anilines is 5. The molecule has 8 aromatic carbocycles. The summed E-state index contributed by atoms with van der Waals surface area (Å²) in [5, 5.41) is 7.47. The lowest BCUT2D eigenvalue weighted by molar-refractivity contribution is 0.866. The third kappa shape index (κ3) is 6.35. The van der Waals surface area contributed by atoms with Crippen LogP contribution in [0.5, 0.6) is 0 Å². The predicted molar refractivity (Wildman–Crippen MR) is 260 cm³/mol. The number of rotatable bonds is 9. The third-order valence-corrected chi connectivity index (χ3v) is 13.0. The minimum atomic E-state index is 0.291. The lowest BCUT2D eigenvalue weighted by atomic mass is 9.98.